The molecule has 5 heteroatoms. The Morgan fingerprint density at radius 1 is 1.35 bits per heavy atom. The van der Waals surface area contributed by atoms with E-state index < -0.39 is 0 Å². The maximum absolute atomic E-state index is 6.09. The number of rotatable bonds is 3. The fourth-order valence-electron chi connectivity index (χ4n) is 1.92. The minimum absolute atomic E-state index is 0.129. The number of aromatic nitrogens is 3. The fraction of sp³-hybridized carbons (Fsp3) is 0.167. The van der Waals surface area contributed by atoms with Gasteiger partial charge >= 0.3 is 0 Å². The Kier molecular flexibility index (Phi) is 2.62. The first-order valence-corrected chi connectivity index (χ1v) is 6.28. The molecule has 0 aliphatic rings. The molecular formula is C12H12N4S. The SMILES string of the molecule is NC(Cc1csc2ccccc12)c1ncn[nH]1. The lowest BCUT2D eigenvalue weighted by Gasteiger charge is -2.07. The van der Waals surface area contributed by atoms with Gasteiger partial charge in [-0.2, -0.15) is 5.10 Å². The third-order valence-corrected chi connectivity index (χ3v) is 3.80. The molecule has 2 heterocycles. The predicted octanol–water partition coefficient (Wildman–Crippen LogP) is 2.26. The van der Waals surface area contributed by atoms with Crippen LogP contribution in [0.5, 0.6) is 0 Å². The lowest BCUT2D eigenvalue weighted by molar-refractivity contribution is 0.674. The lowest BCUT2D eigenvalue weighted by Crippen LogP contribution is -2.14. The largest absolute Gasteiger partial charge is 0.321 e. The summed E-state index contributed by atoms with van der Waals surface area (Å²) in [6.45, 7) is 0. The Hall–Kier alpha value is -1.72. The third kappa shape index (κ3) is 1.94. The molecule has 3 aromatic rings. The summed E-state index contributed by atoms with van der Waals surface area (Å²) in [6.07, 6.45) is 2.26. The Morgan fingerprint density at radius 3 is 3.06 bits per heavy atom. The molecule has 17 heavy (non-hydrogen) atoms. The van der Waals surface area contributed by atoms with Crippen molar-refractivity contribution in [3.8, 4) is 0 Å². The van der Waals surface area contributed by atoms with E-state index >= 15 is 0 Å². The highest BCUT2D eigenvalue weighted by atomic mass is 32.1. The number of aromatic amines is 1. The van der Waals surface area contributed by atoms with Crippen molar-refractivity contribution >= 4 is 21.4 Å². The summed E-state index contributed by atoms with van der Waals surface area (Å²) in [5.41, 5.74) is 7.37. The standard InChI is InChI=1S/C12H12N4S/c13-10(12-14-7-15-16-12)5-8-6-17-11-4-2-1-3-9(8)11/h1-4,6-7,10H,5,13H2,(H,14,15,16). The smallest absolute Gasteiger partial charge is 0.141 e. The molecule has 0 amide bonds. The Labute approximate surface area is 102 Å². The molecule has 0 aliphatic carbocycles. The third-order valence-electron chi connectivity index (χ3n) is 2.79. The number of nitrogens with two attached hydrogens (primary N) is 1. The number of nitrogens with zero attached hydrogens (tertiary/aromatic N) is 2. The van der Waals surface area contributed by atoms with Gasteiger partial charge in [-0.25, -0.2) is 4.98 Å². The lowest BCUT2D eigenvalue weighted by atomic mass is 10.1. The fourth-order valence-corrected chi connectivity index (χ4v) is 2.89. The zero-order chi connectivity index (χ0) is 11.7. The second-order valence-corrected chi connectivity index (χ2v) is 4.85. The van der Waals surface area contributed by atoms with Gasteiger partial charge in [0, 0.05) is 4.70 Å². The van der Waals surface area contributed by atoms with Gasteiger partial charge in [0.1, 0.15) is 12.2 Å². The number of hydrogen-bond acceptors (Lipinski definition) is 4. The Morgan fingerprint density at radius 2 is 2.24 bits per heavy atom. The summed E-state index contributed by atoms with van der Waals surface area (Å²) < 4.78 is 1.30. The maximum atomic E-state index is 6.09. The van der Waals surface area contributed by atoms with Gasteiger partial charge in [0.2, 0.25) is 0 Å². The van der Waals surface area contributed by atoms with E-state index in [2.05, 4.69) is 44.8 Å². The summed E-state index contributed by atoms with van der Waals surface area (Å²) in [6, 6.07) is 8.24. The van der Waals surface area contributed by atoms with Crippen molar-refractivity contribution in [2.24, 2.45) is 5.73 Å². The molecule has 1 aromatic carbocycles. The van der Waals surface area contributed by atoms with Gasteiger partial charge in [0.15, 0.2) is 0 Å². The van der Waals surface area contributed by atoms with E-state index in [0.29, 0.717) is 0 Å². The van der Waals surface area contributed by atoms with Crippen LogP contribution in [0, 0.1) is 0 Å². The number of H-pyrrole nitrogens is 1. The van der Waals surface area contributed by atoms with Gasteiger partial charge < -0.3 is 5.73 Å². The molecule has 3 N–H and O–H groups in total. The van der Waals surface area contributed by atoms with Gasteiger partial charge in [-0.05, 0) is 28.8 Å². The minimum Gasteiger partial charge on any atom is -0.321 e. The molecule has 2 aromatic heterocycles. The van der Waals surface area contributed by atoms with Gasteiger partial charge in [-0.1, -0.05) is 18.2 Å². The molecule has 0 bridgehead atoms. The van der Waals surface area contributed by atoms with Crippen LogP contribution >= 0.6 is 11.3 Å². The maximum Gasteiger partial charge on any atom is 0.141 e. The van der Waals surface area contributed by atoms with Crippen molar-refractivity contribution in [1.29, 1.82) is 0 Å². The molecule has 0 fully saturated rings. The molecule has 1 atom stereocenters. The molecule has 3 rings (SSSR count). The number of fused-ring (bicyclic) bond motifs is 1. The van der Waals surface area contributed by atoms with Crippen LogP contribution in [-0.2, 0) is 6.42 Å². The second-order valence-electron chi connectivity index (χ2n) is 3.94. The summed E-state index contributed by atoms with van der Waals surface area (Å²) >= 11 is 1.75. The summed E-state index contributed by atoms with van der Waals surface area (Å²) in [4.78, 5) is 4.09. The number of benzene rings is 1. The first-order valence-electron chi connectivity index (χ1n) is 5.40. The second kappa shape index (κ2) is 4.27. The molecule has 1 unspecified atom stereocenters. The number of hydrogen-bond donors (Lipinski definition) is 2. The van der Waals surface area contributed by atoms with Gasteiger partial charge in [0.25, 0.3) is 0 Å². The molecule has 4 nitrogen and oxygen atoms in total. The van der Waals surface area contributed by atoms with E-state index in [1.807, 2.05) is 0 Å². The van der Waals surface area contributed by atoms with E-state index in [9.17, 15) is 0 Å². The molecule has 0 saturated heterocycles. The Balaban J connectivity index is 1.90. The van der Waals surface area contributed by atoms with Crippen LogP contribution in [0.4, 0.5) is 0 Å². The van der Waals surface area contributed by atoms with Crippen LogP contribution in [0.3, 0.4) is 0 Å². The number of nitrogens with one attached hydrogen (secondary N) is 1. The zero-order valence-corrected chi connectivity index (χ0v) is 9.95. The van der Waals surface area contributed by atoms with Crippen molar-refractivity contribution in [3.05, 3.63) is 47.4 Å². The normalized spacial score (nSPS) is 13.0. The summed E-state index contributed by atoms with van der Waals surface area (Å²) in [5.74, 6) is 0.736. The van der Waals surface area contributed by atoms with E-state index in [-0.39, 0.29) is 6.04 Å². The molecule has 0 radical (unpaired) electrons. The van der Waals surface area contributed by atoms with Crippen molar-refractivity contribution < 1.29 is 0 Å². The molecule has 0 saturated carbocycles. The number of thiophene rings is 1. The molecule has 86 valence electrons. The summed E-state index contributed by atoms with van der Waals surface area (Å²) in [5, 5.41) is 10.1. The molecular weight excluding hydrogens is 232 g/mol. The van der Waals surface area contributed by atoms with Gasteiger partial charge in [-0.15, -0.1) is 11.3 Å². The van der Waals surface area contributed by atoms with Crippen molar-refractivity contribution in [2.75, 3.05) is 0 Å². The van der Waals surface area contributed by atoms with Crippen molar-refractivity contribution in [2.45, 2.75) is 12.5 Å². The Bertz CT molecular complexity index is 614. The minimum atomic E-state index is -0.129. The zero-order valence-electron chi connectivity index (χ0n) is 9.13. The average molecular weight is 244 g/mol. The highest BCUT2D eigenvalue weighted by molar-refractivity contribution is 7.17. The van der Waals surface area contributed by atoms with E-state index in [0.717, 1.165) is 12.2 Å². The van der Waals surface area contributed by atoms with Crippen molar-refractivity contribution in [3.63, 3.8) is 0 Å². The van der Waals surface area contributed by atoms with Crippen LogP contribution in [0.15, 0.2) is 36.0 Å². The highest BCUT2D eigenvalue weighted by Gasteiger charge is 2.12. The van der Waals surface area contributed by atoms with Crippen LogP contribution in [-0.4, -0.2) is 15.2 Å². The van der Waals surface area contributed by atoms with E-state index in [4.69, 9.17) is 5.73 Å². The average Bonchev–Trinajstić information content (AvgIpc) is 2.98. The van der Waals surface area contributed by atoms with Gasteiger partial charge in [-0.3, -0.25) is 5.10 Å². The van der Waals surface area contributed by atoms with E-state index in [1.165, 1.54) is 22.0 Å². The first kappa shape index (κ1) is 10.4. The predicted molar refractivity (Wildman–Crippen MR) is 68.8 cm³/mol. The summed E-state index contributed by atoms with van der Waals surface area (Å²) in [7, 11) is 0. The van der Waals surface area contributed by atoms with Crippen LogP contribution in [0.25, 0.3) is 10.1 Å². The molecule has 0 spiro atoms. The topological polar surface area (TPSA) is 67.6 Å². The van der Waals surface area contributed by atoms with Gasteiger partial charge in [0.05, 0.1) is 6.04 Å². The first-order chi connectivity index (χ1) is 8.34. The quantitative estimate of drug-likeness (QED) is 0.742. The monoisotopic (exact) mass is 244 g/mol. The highest BCUT2D eigenvalue weighted by Crippen LogP contribution is 2.27. The van der Waals surface area contributed by atoms with Crippen LogP contribution < -0.4 is 5.73 Å². The molecule has 0 aliphatic heterocycles. The van der Waals surface area contributed by atoms with Crippen LogP contribution in [0.1, 0.15) is 17.4 Å². The van der Waals surface area contributed by atoms with E-state index in [1.54, 1.807) is 11.3 Å². The van der Waals surface area contributed by atoms with Crippen LogP contribution in [0.2, 0.25) is 0 Å². The van der Waals surface area contributed by atoms with Crippen molar-refractivity contribution in [1.82, 2.24) is 15.2 Å².